The Bertz CT molecular complexity index is 677. The molecular weight excluding hydrogens is 296 g/mol. The van der Waals surface area contributed by atoms with Crippen LogP contribution in [0.1, 0.15) is 26.2 Å². The van der Waals surface area contributed by atoms with Gasteiger partial charge in [0.05, 0.1) is 13.3 Å². The van der Waals surface area contributed by atoms with Gasteiger partial charge in [-0.3, -0.25) is 4.79 Å². The van der Waals surface area contributed by atoms with E-state index in [0.717, 1.165) is 5.56 Å². The van der Waals surface area contributed by atoms with E-state index in [0.29, 0.717) is 18.1 Å². The summed E-state index contributed by atoms with van der Waals surface area (Å²) in [6.07, 6.45) is 2.17. The first-order chi connectivity index (χ1) is 10.9. The number of amides is 1. The van der Waals surface area contributed by atoms with Gasteiger partial charge in [-0.15, -0.1) is 0 Å². The highest BCUT2D eigenvalue weighted by atomic mass is 16.5. The molecule has 6 heteroatoms. The molecule has 2 aromatic rings. The van der Waals surface area contributed by atoms with Gasteiger partial charge in [-0.2, -0.15) is 0 Å². The van der Waals surface area contributed by atoms with Crippen molar-refractivity contribution < 1.29 is 18.7 Å². The average molecular weight is 316 g/mol. The number of hydrogen-bond acceptors (Lipinski definition) is 5. The molecule has 0 aliphatic carbocycles. The van der Waals surface area contributed by atoms with Gasteiger partial charge < -0.3 is 14.5 Å². The number of carbonyl (C=O) groups excluding carboxylic acids is 2. The Morgan fingerprint density at radius 3 is 2.61 bits per heavy atom. The number of ether oxygens (including phenoxy) is 1. The molecule has 0 spiro atoms. The number of nitrogens with zero attached hydrogens (tertiary/aromatic N) is 1. The quantitative estimate of drug-likeness (QED) is 0.827. The van der Waals surface area contributed by atoms with Gasteiger partial charge >= 0.3 is 5.97 Å². The maximum Gasteiger partial charge on any atom is 0.330 e. The Balaban J connectivity index is 1.90. The molecule has 1 amide bonds. The number of aryl methyl sites for hydroxylation is 1. The molecule has 0 atom stereocenters. The van der Waals surface area contributed by atoms with Crippen molar-refractivity contribution in [2.75, 3.05) is 7.11 Å². The van der Waals surface area contributed by atoms with Crippen LogP contribution in [0.4, 0.5) is 0 Å². The van der Waals surface area contributed by atoms with Crippen molar-refractivity contribution in [2.45, 2.75) is 32.2 Å². The molecule has 0 aliphatic heterocycles. The molecule has 1 aromatic carbocycles. The van der Waals surface area contributed by atoms with E-state index in [1.54, 1.807) is 20.0 Å². The van der Waals surface area contributed by atoms with Crippen molar-refractivity contribution >= 4 is 11.9 Å². The highest BCUT2D eigenvalue weighted by Crippen LogP contribution is 2.20. The predicted octanol–water partition coefficient (Wildman–Crippen LogP) is 2.34. The Morgan fingerprint density at radius 2 is 1.96 bits per heavy atom. The van der Waals surface area contributed by atoms with E-state index in [1.807, 2.05) is 30.3 Å². The third kappa shape index (κ3) is 4.42. The molecule has 0 fully saturated rings. The molecule has 23 heavy (non-hydrogen) atoms. The lowest BCUT2D eigenvalue weighted by Gasteiger charge is -2.22. The maximum absolute atomic E-state index is 11.9. The third-order valence-corrected chi connectivity index (χ3v) is 3.33. The Morgan fingerprint density at radius 1 is 1.26 bits per heavy atom. The summed E-state index contributed by atoms with van der Waals surface area (Å²) in [4.78, 5) is 27.7. The Labute approximate surface area is 134 Å². The number of methoxy groups -OCH3 is 1. The Hall–Kier alpha value is -2.63. The van der Waals surface area contributed by atoms with Crippen molar-refractivity contribution in [3.8, 4) is 11.3 Å². The van der Waals surface area contributed by atoms with Gasteiger partial charge in [0.2, 0.25) is 5.91 Å². The van der Waals surface area contributed by atoms with Crippen LogP contribution in [-0.4, -0.2) is 29.5 Å². The largest absolute Gasteiger partial charge is 0.467 e. The van der Waals surface area contributed by atoms with Crippen molar-refractivity contribution in [3.63, 3.8) is 0 Å². The minimum atomic E-state index is -1.06. The first kappa shape index (κ1) is 16.7. The maximum atomic E-state index is 11.9. The average Bonchev–Trinajstić information content (AvgIpc) is 3.01. The van der Waals surface area contributed by atoms with Crippen LogP contribution < -0.4 is 5.32 Å². The van der Waals surface area contributed by atoms with Crippen LogP contribution in [0.15, 0.2) is 40.9 Å². The van der Waals surface area contributed by atoms with E-state index in [4.69, 9.17) is 4.42 Å². The van der Waals surface area contributed by atoms with Gasteiger partial charge in [-0.05, 0) is 13.8 Å². The number of esters is 1. The third-order valence-electron chi connectivity index (χ3n) is 3.33. The highest BCUT2D eigenvalue weighted by molar-refractivity contribution is 5.87. The molecule has 6 nitrogen and oxygen atoms in total. The van der Waals surface area contributed by atoms with Crippen LogP contribution >= 0.6 is 0 Å². The lowest BCUT2D eigenvalue weighted by Crippen LogP contribution is -2.50. The van der Waals surface area contributed by atoms with Crippen LogP contribution in [0, 0.1) is 0 Å². The number of nitrogens with one attached hydrogen (secondary N) is 1. The smallest absolute Gasteiger partial charge is 0.330 e. The van der Waals surface area contributed by atoms with Gasteiger partial charge in [0.1, 0.15) is 5.54 Å². The number of rotatable bonds is 6. The second-order valence-electron chi connectivity index (χ2n) is 5.65. The molecule has 1 N–H and O–H groups in total. The van der Waals surface area contributed by atoms with Crippen LogP contribution in [-0.2, 0) is 20.7 Å². The second kappa shape index (κ2) is 7.09. The molecule has 0 bridgehead atoms. The van der Waals surface area contributed by atoms with Crippen LogP contribution in [0.5, 0.6) is 0 Å². The van der Waals surface area contributed by atoms with Crippen LogP contribution in [0.2, 0.25) is 0 Å². The van der Waals surface area contributed by atoms with E-state index in [1.165, 1.54) is 7.11 Å². The molecule has 2 rings (SSSR count). The normalized spacial score (nSPS) is 11.1. The standard InChI is InChI=1S/C17H20N2O4/c1-17(2,16(21)22-3)19-14(20)9-10-15-18-11-13(23-15)12-7-5-4-6-8-12/h4-8,11H,9-10H2,1-3H3,(H,19,20). The molecule has 0 saturated heterocycles. The Kier molecular flexibility index (Phi) is 5.16. The number of aromatic nitrogens is 1. The summed E-state index contributed by atoms with van der Waals surface area (Å²) < 4.78 is 10.3. The van der Waals surface area contributed by atoms with Crippen LogP contribution in [0.25, 0.3) is 11.3 Å². The summed E-state index contributed by atoms with van der Waals surface area (Å²) in [7, 11) is 1.29. The predicted molar refractivity (Wildman–Crippen MR) is 84.5 cm³/mol. The molecule has 122 valence electrons. The lowest BCUT2D eigenvalue weighted by atomic mass is 10.1. The van der Waals surface area contributed by atoms with Crippen molar-refractivity contribution in [1.29, 1.82) is 0 Å². The van der Waals surface area contributed by atoms with E-state index in [9.17, 15) is 9.59 Å². The fraction of sp³-hybridized carbons (Fsp3) is 0.353. The van der Waals surface area contributed by atoms with Gasteiger partial charge in [0.25, 0.3) is 0 Å². The van der Waals surface area contributed by atoms with E-state index in [-0.39, 0.29) is 12.3 Å². The summed E-state index contributed by atoms with van der Waals surface area (Å²) >= 11 is 0. The lowest BCUT2D eigenvalue weighted by molar-refractivity contribution is -0.149. The van der Waals surface area contributed by atoms with E-state index in [2.05, 4.69) is 15.0 Å². The van der Waals surface area contributed by atoms with Gasteiger partial charge in [0, 0.05) is 18.4 Å². The summed E-state index contributed by atoms with van der Waals surface area (Å²) in [6.45, 7) is 3.19. The van der Waals surface area contributed by atoms with Gasteiger partial charge in [-0.25, -0.2) is 9.78 Å². The number of carbonyl (C=O) groups is 2. The zero-order valence-electron chi connectivity index (χ0n) is 13.5. The summed E-state index contributed by atoms with van der Waals surface area (Å²) in [5, 5.41) is 2.63. The topological polar surface area (TPSA) is 81.4 Å². The summed E-state index contributed by atoms with van der Waals surface area (Å²) in [5.74, 6) is 0.388. The van der Waals surface area contributed by atoms with E-state index < -0.39 is 11.5 Å². The number of oxazole rings is 1. The van der Waals surface area contributed by atoms with Crippen molar-refractivity contribution in [1.82, 2.24) is 10.3 Å². The van der Waals surface area contributed by atoms with Crippen molar-refractivity contribution in [2.24, 2.45) is 0 Å². The van der Waals surface area contributed by atoms with E-state index >= 15 is 0 Å². The van der Waals surface area contributed by atoms with Crippen molar-refractivity contribution in [3.05, 3.63) is 42.4 Å². The molecule has 0 aliphatic rings. The summed E-state index contributed by atoms with van der Waals surface area (Å²) in [5.41, 5.74) is -0.125. The zero-order valence-corrected chi connectivity index (χ0v) is 13.5. The zero-order chi connectivity index (χ0) is 16.9. The molecule has 0 unspecified atom stereocenters. The molecule has 0 saturated carbocycles. The minimum Gasteiger partial charge on any atom is -0.467 e. The molecule has 1 aromatic heterocycles. The SMILES string of the molecule is COC(=O)C(C)(C)NC(=O)CCc1ncc(-c2ccccc2)o1. The summed E-state index contributed by atoms with van der Waals surface area (Å²) in [6, 6.07) is 9.61. The fourth-order valence-electron chi connectivity index (χ4n) is 2.10. The second-order valence-corrected chi connectivity index (χ2v) is 5.65. The first-order valence-corrected chi connectivity index (χ1v) is 7.32. The van der Waals surface area contributed by atoms with Gasteiger partial charge in [-0.1, -0.05) is 30.3 Å². The first-order valence-electron chi connectivity index (χ1n) is 7.32. The fourth-order valence-corrected chi connectivity index (χ4v) is 2.10. The molecule has 1 heterocycles. The number of hydrogen-bond donors (Lipinski definition) is 1. The monoisotopic (exact) mass is 316 g/mol. The van der Waals surface area contributed by atoms with Gasteiger partial charge in [0.15, 0.2) is 11.7 Å². The van der Waals surface area contributed by atoms with Crippen LogP contribution in [0.3, 0.4) is 0 Å². The number of benzene rings is 1. The minimum absolute atomic E-state index is 0.176. The molecular formula is C17H20N2O4. The highest BCUT2D eigenvalue weighted by Gasteiger charge is 2.30. The molecule has 0 radical (unpaired) electrons.